The van der Waals surface area contributed by atoms with E-state index >= 15 is 0 Å². The predicted molar refractivity (Wildman–Crippen MR) is 97.6 cm³/mol. The van der Waals surface area contributed by atoms with Crippen LogP contribution in [-0.2, 0) is 11.3 Å². The molecule has 0 aliphatic rings. The van der Waals surface area contributed by atoms with Crippen molar-refractivity contribution < 1.29 is 14.3 Å². The van der Waals surface area contributed by atoms with E-state index in [0.29, 0.717) is 18.0 Å². The lowest BCUT2D eigenvalue weighted by atomic mass is 10.2. The summed E-state index contributed by atoms with van der Waals surface area (Å²) >= 11 is 0. The first kappa shape index (κ1) is 18.3. The zero-order valence-electron chi connectivity index (χ0n) is 14.7. The third-order valence-electron chi connectivity index (χ3n) is 3.56. The van der Waals surface area contributed by atoms with Gasteiger partial charge in [0.25, 0.3) is 5.91 Å². The minimum absolute atomic E-state index is 0.0433. The van der Waals surface area contributed by atoms with Crippen LogP contribution in [0, 0.1) is 0 Å². The van der Waals surface area contributed by atoms with Gasteiger partial charge >= 0.3 is 6.03 Å². The summed E-state index contributed by atoms with van der Waals surface area (Å²) in [5, 5.41) is 2.82. The number of nitrogens with zero attached hydrogens (tertiary/aromatic N) is 2. The van der Waals surface area contributed by atoms with Crippen LogP contribution >= 0.6 is 0 Å². The van der Waals surface area contributed by atoms with Gasteiger partial charge in [-0.25, -0.2) is 4.79 Å². The largest absolute Gasteiger partial charge is 0.484 e. The average Bonchev–Trinajstić information content (AvgIpc) is 2.60. The highest BCUT2D eigenvalue weighted by atomic mass is 16.5. The molecule has 0 atom stereocenters. The number of ether oxygens (including phenoxy) is 1. The van der Waals surface area contributed by atoms with E-state index in [9.17, 15) is 9.59 Å². The van der Waals surface area contributed by atoms with Gasteiger partial charge in [0.15, 0.2) is 6.61 Å². The number of rotatable bonds is 6. The molecule has 6 nitrogen and oxygen atoms in total. The molecule has 6 heteroatoms. The Labute approximate surface area is 148 Å². The van der Waals surface area contributed by atoms with Crippen LogP contribution in [0.5, 0.6) is 5.75 Å². The lowest BCUT2D eigenvalue weighted by Gasteiger charge is -2.18. The quantitative estimate of drug-likeness (QED) is 0.879. The summed E-state index contributed by atoms with van der Waals surface area (Å²) in [7, 11) is 5.08. The van der Waals surface area contributed by atoms with E-state index in [4.69, 9.17) is 4.74 Å². The number of carbonyl (C=O) groups excluding carboxylic acids is 2. The second-order valence-corrected chi connectivity index (χ2v) is 5.88. The van der Waals surface area contributed by atoms with E-state index < -0.39 is 0 Å². The normalized spacial score (nSPS) is 10.0. The first-order valence-electron chi connectivity index (χ1n) is 7.95. The van der Waals surface area contributed by atoms with Gasteiger partial charge in [-0.2, -0.15) is 0 Å². The monoisotopic (exact) mass is 341 g/mol. The van der Waals surface area contributed by atoms with Crippen LogP contribution in [0.4, 0.5) is 10.5 Å². The third-order valence-corrected chi connectivity index (χ3v) is 3.56. The standard InChI is InChI=1S/C19H23N3O3/c1-21(2)18(23)14-25-17-11-7-10-16(12-17)20-19(24)22(3)13-15-8-5-4-6-9-15/h4-12H,13-14H2,1-3H3,(H,20,24). The molecular weight excluding hydrogens is 318 g/mol. The van der Waals surface area contributed by atoms with Crippen molar-refractivity contribution in [2.24, 2.45) is 0 Å². The minimum atomic E-state index is -0.217. The van der Waals surface area contributed by atoms with Gasteiger partial charge in [-0.3, -0.25) is 4.79 Å². The van der Waals surface area contributed by atoms with Crippen molar-refractivity contribution in [3.8, 4) is 5.75 Å². The molecule has 1 N–H and O–H groups in total. The van der Waals surface area contributed by atoms with E-state index in [2.05, 4.69) is 5.32 Å². The van der Waals surface area contributed by atoms with E-state index in [1.165, 1.54) is 4.90 Å². The van der Waals surface area contributed by atoms with Crippen LogP contribution in [0.25, 0.3) is 0 Å². The van der Waals surface area contributed by atoms with Gasteiger partial charge < -0.3 is 19.9 Å². The SMILES string of the molecule is CN(C)C(=O)COc1cccc(NC(=O)N(C)Cc2ccccc2)c1. The van der Waals surface area contributed by atoms with Crippen LogP contribution < -0.4 is 10.1 Å². The lowest BCUT2D eigenvalue weighted by Crippen LogP contribution is -2.30. The minimum Gasteiger partial charge on any atom is -0.484 e. The number of likely N-dealkylation sites (N-methyl/N-ethyl adjacent to an activating group) is 1. The molecule has 2 aromatic carbocycles. The smallest absolute Gasteiger partial charge is 0.321 e. The van der Waals surface area contributed by atoms with Crippen molar-refractivity contribution in [1.29, 1.82) is 0 Å². The van der Waals surface area contributed by atoms with Gasteiger partial charge in [-0.05, 0) is 17.7 Å². The number of nitrogens with one attached hydrogen (secondary N) is 1. The first-order chi connectivity index (χ1) is 12.0. The summed E-state index contributed by atoms with van der Waals surface area (Å²) < 4.78 is 5.45. The fraction of sp³-hybridized carbons (Fsp3) is 0.263. The van der Waals surface area contributed by atoms with Gasteiger partial charge in [0.05, 0.1) is 0 Å². The molecule has 2 rings (SSSR count). The molecule has 0 saturated carbocycles. The number of anilines is 1. The summed E-state index contributed by atoms with van der Waals surface area (Å²) in [5.74, 6) is 0.399. The number of benzene rings is 2. The van der Waals surface area contributed by atoms with Crippen molar-refractivity contribution in [1.82, 2.24) is 9.80 Å². The molecule has 0 aliphatic heterocycles. The fourth-order valence-corrected chi connectivity index (χ4v) is 2.09. The molecule has 25 heavy (non-hydrogen) atoms. The van der Waals surface area contributed by atoms with E-state index in [1.54, 1.807) is 50.3 Å². The van der Waals surface area contributed by atoms with Gasteiger partial charge in [-0.15, -0.1) is 0 Å². The molecule has 0 spiro atoms. The van der Waals surface area contributed by atoms with Crippen LogP contribution in [-0.4, -0.2) is 49.5 Å². The molecular formula is C19H23N3O3. The van der Waals surface area contributed by atoms with Crippen molar-refractivity contribution >= 4 is 17.6 Å². The Balaban J connectivity index is 1.92. The second-order valence-electron chi connectivity index (χ2n) is 5.88. The molecule has 132 valence electrons. The Kier molecular flexibility index (Phi) is 6.39. The Morgan fingerprint density at radius 1 is 1.00 bits per heavy atom. The topological polar surface area (TPSA) is 61.9 Å². The van der Waals surface area contributed by atoms with Crippen molar-refractivity contribution in [2.75, 3.05) is 33.1 Å². The summed E-state index contributed by atoms with van der Waals surface area (Å²) in [5.41, 5.74) is 1.67. The molecule has 0 fully saturated rings. The average molecular weight is 341 g/mol. The Hall–Kier alpha value is -3.02. The number of carbonyl (C=O) groups is 2. The first-order valence-corrected chi connectivity index (χ1v) is 7.95. The molecule has 3 amide bonds. The highest BCUT2D eigenvalue weighted by Crippen LogP contribution is 2.18. The third kappa shape index (κ3) is 5.84. The molecule has 0 aliphatic carbocycles. The van der Waals surface area contributed by atoms with Crippen molar-refractivity contribution in [2.45, 2.75) is 6.54 Å². The Morgan fingerprint density at radius 3 is 2.40 bits per heavy atom. The van der Waals surface area contributed by atoms with E-state index in [1.807, 2.05) is 30.3 Å². The molecule has 0 saturated heterocycles. The van der Waals surface area contributed by atoms with E-state index in [0.717, 1.165) is 5.56 Å². The molecule has 0 radical (unpaired) electrons. The number of urea groups is 1. The zero-order chi connectivity index (χ0) is 18.2. The molecule has 2 aromatic rings. The van der Waals surface area contributed by atoms with Gasteiger partial charge in [-0.1, -0.05) is 36.4 Å². The van der Waals surface area contributed by atoms with Crippen LogP contribution in [0.15, 0.2) is 54.6 Å². The highest BCUT2D eigenvalue weighted by Gasteiger charge is 2.10. The zero-order valence-corrected chi connectivity index (χ0v) is 14.7. The van der Waals surface area contributed by atoms with Crippen molar-refractivity contribution in [3.63, 3.8) is 0 Å². The van der Waals surface area contributed by atoms with Gasteiger partial charge in [0, 0.05) is 39.4 Å². The lowest BCUT2D eigenvalue weighted by molar-refractivity contribution is -0.130. The summed E-state index contributed by atoms with van der Waals surface area (Å²) in [6.07, 6.45) is 0. The van der Waals surface area contributed by atoms with Crippen LogP contribution in [0.1, 0.15) is 5.56 Å². The second kappa shape index (κ2) is 8.73. The maximum absolute atomic E-state index is 12.3. The molecule has 0 unspecified atom stereocenters. The predicted octanol–water partition coefficient (Wildman–Crippen LogP) is 2.82. The number of hydrogen-bond donors (Lipinski definition) is 1. The number of amides is 3. The molecule has 0 aromatic heterocycles. The van der Waals surface area contributed by atoms with Crippen LogP contribution in [0.3, 0.4) is 0 Å². The maximum Gasteiger partial charge on any atom is 0.321 e. The fourth-order valence-electron chi connectivity index (χ4n) is 2.09. The summed E-state index contributed by atoms with van der Waals surface area (Å²) in [4.78, 5) is 26.9. The van der Waals surface area contributed by atoms with Gasteiger partial charge in [0.2, 0.25) is 0 Å². The van der Waals surface area contributed by atoms with E-state index in [-0.39, 0.29) is 18.5 Å². The van der Waals surface area contributed by atoms with Gasteiger partial charge in [0.1, 0.15) is 5.75 Å². The van der Waals surface area contributed by atoms with Crippen LogP contribution in [0.2, 0.25) is 0 Å². The number of hydrogen-bond acceptors (Lipinski definition) is 3. The Bertz CT molecular complexity index is 717. The summed E-state index contributed by atoms with van der Waals surface area (Å²) in [6.45, 7) is 0.471. The molecule has 0 bridgehead atoms. The Morgan fingerprint density at radius 2 is 1.72 bits per heavy atom. The molecule has 0 heterocycles. The highest BCUT2D eigenvalue weighted by molar-refractivity contribution is 5.89. The summed E-state index contributed by atoms with van der Waals surface area (Å²) in [6, 6.07) is 16.5. The van der Waals surface area contributed by atoms with Crippen molar-refractivity contribution in [3.05, 3.63) is 60.2 Å². The maximum atomic E-state index is 12.3.